The van der Waals surface area contributed by atoms with E-state index in [0.717, 1.165) is 30.8 Å². The molecule has 1 aromatic heterocycles. The normalized spacial score (nSPS) is 23.8. The number of hydrogen-bond donors (Lipinski definition) is 1. The van der Waals surface area contributed by atoms with Crippen molar-refractivity contribution >= 4 is 16.7 Å². The number of pyridine rings is 1. The van der Waals surface area contributed by atoms with Crippen LogP contribution < -0.4 is 4.90 Å². The van der Waals surface area contributed by atoms with Crippen LogP contribution in [0.4, 0.5) is 5.82 Å². The SMILES string of the molecule is Cc1cc(N2CCC(O)C(C)C2)nc2ccccc12. The molecule has 1 fully saturated rings. The number of piperidine rings is 1. The third kappa shape index (κ3) is 2.30. The highest BCUT2D eigenvalue weighted by Crippen LogP contribution is 2.26. The van der Waals surface area contributed by atoms with E-state index in [4.69, 9.17) is 4.98 Å². The van der Waals surface area contributed by atoms with Crippen molar-refractivity contribution in [2.75, 3.05) is 18.0 Å². The average molecular weight is 256 g/mol. The minimum atomic E-state index is -0.169. The van der Waals surface area contributed by atoms with Crippen LogP contribution in [0.1, 0.15) is 18.9 Å². The van der Waals surface area contributed by atoms with Crippen LogP contribution in [0.5, 0.6) is 0 Å². The number of aryl methyl sites for hydroxylation is 1. The van der Waals surface area contributed by atoms with Gasteiger partial charge in [0.25, 0.3) is 0 Å². The molecule has 2 heterocycles. The van der Waals surface area contributed by atoms with Crippen LogP contribution in [0.25, 0.3) is 10.9 Å². The molecular weight excluding hydrogens is 236 g/mol. The van der Waals surface area contributed by atoms with Gasteiger partial charge >= 0.3 is 0 Å². The first-order valence-electron chi connectivity index (χ1n) is 6.94. The Morgan fingerprint density at radius 3 is 2.89 bits per heavy atom. The molecule has 3 heteroatoms. The van der Waals surface area contributed by atoms with Crippen LogP contribution in [0.2, 0.25) is 0 Å². The number of hydrogen-bond acceptors (Lipinski definition) is 3. The third-order valence-electron chi connectivity index (χ3n) is 4.09. The molecule has 3 rings (SSSR count). The van der Waals surface area contributed by atoms with E-state index in [2.05, 4.69) is 43.0 Å². The zero-order valence-electron chi connectivity index (χ0n) is 11.5. The van der Waals surface area contributed by atoms with Gasteiger partial charge in [0.2, 0.25) is 0 Å². The van der Waals surface area contributed by atoms with E-state index < -0.39 is 0 Å². The highest BCUT2D eigenvalue weighted by molar-refractivity contribution is 5.83. The molecule has 1 aliphatic rings. The van der Waals surface area contributed by atoms with Gasteiger partial charge in [-0.15, -0.1) is 0 Å². The van der Waals surface area contributed by atoms with Gasteiger partial charge < -0.3 is 10.0 Å². The van der Waals surface area contributed by atoms with E-state index in [1.807, 2.05) is 6.07 Å². The molecule has 100 valence electrons. The van der Waals surface area contributed by atoms with Crippen molar-refractivity contribution < 1.29 is 5.11 Å². The summed E-state index contributed by atoms with van der Waals surface area (Å²) in [5, 5.41) is 11.0. The van der Waals surface area contributed by atoms with Crippen LogP contribution >= 0.6 is 0 Å². The van der Waals surface area contributed by atoms with E-state index in [-0.39, 0.29) is 6.10 Å². The van der Waals surface area contributed by atoms with Gasteiger partial charge in [-0.2, -0.15) is 0 Å². The molecule has 1 aliphatic heterocycles. The maximum Gasteiger partial charge on any atom is 0.129 e. The van der Waals surface area contributed by atoms with Crippen LogP contribution in [-0.4, -0.2) is 29.3 Å². The van der Waals surface area contributed by atoms with Crippen molar-refractivity contribution in [1.29, 1.82) is 0 Å². The second-order valence-corrected chi connectivity index (χ2v) is 5.59. The summed E-state index contributed by atoms with van der Waals surface area (Å²) in [6.07, 6.45) is 0.659. The molecule has 0 spiro atoms. The number of para-hydroxylation sites is 1. The van der Waals surface area contributed by atoms with Gasteiger partial charge in [-0.1, -0.05) is 25.1 Å². The van der Waals surface area contributed by atoms with Gasteiger partial charge in [-0.3, -0.25) is 0 Å². The molecule has 1 N–H and O–H groups in total. The lowest BCUT2D eigenvalue weighted by Gasteiger charge is -2.35. The topological polar surface area (TPSA) is 36.4 Å². The Bertz CT molecular complexity index is 596. The number of aromatic nitrogens is 1. The lowest BCUT2D eigenvalue weighted by molar-refractivity contribution is 0.0969. The van der Waals surface area contributed by atoms with E-state index in [1.165, 1.54) is 10.9 Å². The van der Waals surface area contributed by atoms with Crippen LogP contribution in [0.3, 0.4) is 0 Å². The quantitative estimate of drug-likeness (QED) is 0.852. The Balaban J connectivity index is 1.97. The van der Waals surface area contributed by atoms with Crippen molar-refractivity contribution in [2.24, 2.45) is 5.92 Å². The zero-order chi connectivity index (χ0) is 13.4. The lowest BCUT2D eigenvalue weighted by Crippen LogP contribution is -2.42. The minimum absolute atomic E-state index is 0.169. The summed E-state index contributed by atoms with van der Waals surface area (Å²) in [4.78, 5) is 7.05. The molecule has 2 unspecified atom stereocenters. The van der Waals surface area contributed by atoms with Crippen LogP contribution in [0, 0.1) is 12.8 Å². The van der Waals surface area contributed by atoms with E-state index in [0.29, 0.717) is 5.92 Å². The summed E-state index contributed by atoms with van der Waals surface area (Å²) in [5.41, 5.74) is 2.32. The second kappa shape index (κ2) is 4.82. The number of nitrogens with zero attached hydrogens (tertiary/aromatic N) is 2. The first kappa shape index (κ1) is 12.4. The molecule has 2 atom stereocenters. The average Bonchev–Trinajstić information content (AvgIpc) is 2.42. The van der Waals surface area contributed by atoms with Crippen molar-refractivity contribution in [3.05, 3.63) is 35.9 Å². The Morgan fingerprint density at radius 1 is 1.32 bits per heavy atom. The number of benzene rings is 1. The van der Waals surface area contributed by atoms with Gasteiger partial charge in [-0.05, 0) is 37.0 Å². The monoisotopic (exact) mass is 256 g/mol. The van der Waals surface area contributed by atoms with Gasteiger partial charge in [0.15, 0.2) is 0 Å². The summed E-state index contributed by atoms with van der Waals surface area (Å²) in [6, 6.07) is 10.4. The largest absolute Gasteiger partial charge is 0.393 e. The molecule has 0 aliphatic carbocycles. The fourth-order valence-electron chi connectivity index (χ4n) is 2.83. The maximum atomic E-state index is 9.82. The van der Waals surface area contributed by atoms with Gasteiger partial charge in [0, 0.05) is 18.5 Å². The summed E-state index contributed by atoms with van der Waals surface area (Å²) in [6.45, 7) is 6.00. The van der Waals surface area contributed by atoms with Crippen molar-refractivity contribution in [2.45, 2.75) is 26.4 Å². The molecule has 0 amide bonds. The zero-order valence-corrected chi connectivity index (χ0v) is 11.5. The third-order valence-corrected chi connectivity index (χ3v) is 4.09. The van der Waals surface area contributed by atoms with Crippen molar-refractivity contribution in [3.8, 4) is 0 Å². The predicted molar refractivity (Wildman–Crippen MR) is 78.5 cm³/mol. The Kier molecular flexibility index (Phi) is 3.15. The smallest absolute Gasteiger partial charge is 0.129 e. The van der Waals surface area contributed by atoms with Crippen molar-refractivity contribution in [3.63, 3.8) is 0 Å². The first-order chi connectivity index (χ1) is 9.15. The summed E-state index contributed by atoms with van der Waals surface area (Å²) >= 11 is 0. The minimum Gasteiger partial charge on any atom is -0.393 e. The number of aliphatic hydroxyl groups is 1. The number of rotatable bonds is 1. The van der Waals surface area contributed by atoms with Crippen LogP contribution in [0.15, 0.2) is 30.3 Å². The van der Waals surface area contributed by atoms with Crippen molar-refractivity contribution in [1.82, 2.24) is 4.98 Å². The van der Waals surface area contributed by atoms with Gasteiger partial charge in [0.1, 0.15) is 5.82 Å². The van der Waals surface area contributed by atoms with Gasteiger partial charge in [-0.25, -0.2) is 4.98 Å². The maximum absolute atomic E-state index is 9.82. The fraction of sp³-hybridized carbons (Fsp3) is 0.438. The number of aliphatic hydroxyl groups excluding tert-OH is 1. The molecule has 3 nitrogen and oxygen atoms in total. The van der Waals surface area contributed by atoms with E-state index >= 15 is 0 Å². The highest BCUT2D eigenvalue weighted by atomic mass is 16.3. The standard InChI is InChI=1S/C16H20N2O/c1-11-9-16(17-14-6-4-3-5-13(11)14)18-8-7-15(19)12(2)10-18/h3-6,9,12,15,19H,7-8,10H2,1-2H3. The highest BCUT2D eigenvalue weighted by Gasteiger charge is 2.25. The molecule has 1 aromatic carbocycles. The van der Waals surface area contributed by atoms with Gasteiger partial charge in [0.05, 0.1) is 11.6 Å². The lowest BCUT2D eigenvalue weighted by atomic mass is 9.96. The van der Waals surface area contributed by atoms with Crippen LogP contribution in [-0.2, 0) is 0 Å². The summed E-state index contributed by atoms with van der Waals surface area (Å²) < 4.78 is 0. The number of anilines is 1. The predicted octanol–water partition coefficient (Wildman–Crippen LogP) is 2.75. The molecule has 2 aromatic rings. The Labute approximate surface area is 113 Å². The second-order valence-electron chi connectivity index (χ2n) is 5.59. The summed E-state index contributed by atoms with van der Waals surface area (Å²) in [7, 11) is 0. The molecule has 0 saturated carbocycles. The molecule has 19 heavy (non-hydrogen) atoms. The Hall–Kier alpha value is -1.61. The van der Waals surface area contributed by atoms with E-state index in [1.54, 1.807) is 0 Å². The molecule has 0 bridgehead atoms. The molecular formula is C16H20N2O. The summed E-state index contributed by atoms with van der Waals surface area (Å²) in [5.74, 6) is 1.34. The number of fused-ring (bicyclic) bond motifs is 1. The Morgan fingerprint density at radius 2 is 2.11 bits per heavy atom. The fourth-order valence-corrected chi connectivity index (χ4v) is 2.83. The first-order valence-corrected chi connectivity index (χ1v) is 6.94. The molecule has 1 saturated heterocycles. The van der Waals surface area contributed by atoms with E-state index in [9.17, 15) is 5.11 Å². The molecule has 0 radical (unpaired) electrons.